The van der Waals surface area contributed by atoms with Crippen molar-refractivity contribution < 1.29 is 19.1 Å². The molecule has 0 aromatic heterocycles. The van der Waals surface area contributed by atoms with E-state index in [0.29, 0.717) is 49.7 Å². The molecule has 3 rings (SSSR count). The number of benzene rings is 2. The standard InChI is InChI=1S/C25H33N3O4/c1-19(20-7-5-4-6-8-20)18-28(14-11-24(29)27-15-12-26-13-16-27)25(30)21-9-10-22(31-2)23(17-21)32-3/h4-10,17,19,26H,11-16,18H2,1-3H3/t19-/m1/s1. The van der Waals surface area contributed by atoms with Crippen LogP contribution in [0.2, 0.25) is 0 Å². The summed E-state index contributed by atoms with van der Waals surface area (Å²) in [5.74, 6) is 1.17. The molecule has 1 fully saturated rings. The Balaban J connectivity index is 1.77. The first-order chi connectivity index (χ1) is 15.5. The van der Waals surface area contributed by atoms with Gasteiger partial charge in [-0.2, -0.15) is 0 Å². The van der Waals surface area contributed by atoms with Crippen LogP contribution in [-0.4, -0.2) is 75.1 Å². The van der Waals surface area contributed by atoms with Gasteiger partial charge in [0.15, 0.2) is 11.5 Å². The Kier molecular flexibility index (Phi) is 8.50. The second kappa shape index (κ2) is 11.5. The molecule has 0 bridgehead atoms. The van der Waals surface area contributed by atoms with Crippen LogP contribution in [0.4, 0.5) is 0 Å². The molecule has 1 atom stereocenters. The van der Waals surface area contributed by atoms with Crippen molar-refractivity contribution in [3.05, 3.63) is 59.7 Å². The van der Waals surface area contributed by atoms with Crippen LogP contribution in [0.1, 0.15) is 35.2 Å². The predicted molar refractivity (Wildman–Crippen MR) is 124 cm³/mol. The van der Waals surface area contributed by atoms with E-state index in [-0.39, 0.29) is 17.7 Å². The molecular weight excluding hydrogens is 406 g/mol. The van der Waals surface area contributed by atoms with Gasteiger partial charge >= 0.3 is 0 Å². The van der Waals surface area contributed by atoms with Crippen LogP contribution < -0.4 is 14.8 Å². The Labute approximate surface area is 190 Å². The number of carbonyl (C=O) groups is 2. The van der Waals surface area contributed by atoms with E-state index in [9.17, 15) is 9.59 Å². The Morgan fingerprint density at radius 2 is 1.72 bits per heavy atom. The van der Waals surface area contributed by atoms with Gasteiger partial charge in [-0.05, 0) is 29.7 Å². The van der Waals surface area contributed by atoms with Gasteiger partial charge in [-0.1, -0.05) is 37.3 Å². The average molecular weight is 440 g/mol. The number of rotatable bonds is 9. The summed E-state index contributed by atoms with van der Waals surface area (Å²) in [4.78, 5) is 29.8. The molecule has 1 aliphatic heterocycles. The van der Waals surface area contributed by atoms with E-state index in [0.717, 1.165) is 18.7 Å². The number of methoxy groups -OCH3 is 2. The van der Waals surface area contributed by atoms with E-state index in [1.807, 2.05) is 23.1 Å². The predicted octanol–water partition coefficient (Wildman–Crippen LogP) is 2.77. The zero-order chi connectivity index (χ0) is 22.9. The van der Waals surface area contributed by atoms with Crippen LogP contribution in [0.25, 0.3) is 0 Å². The monoisotopic (exact) mass is 439 g/mol. The molecule has 1 heterocycles. The third-order valence-electron chi connectivity index (χ3n) is 5.85. The maximum absolute atomic E-state index is 13.5. The highest BCUT2D eigenvalue weighted by Gasteiger charge is 2.23. The third-order valence-corrected chi connectivity index (χ3v) is 5.85. The van der Waals surface area contributed by atoms with Crippen molar-refractivity contribution in [1.82, 2.24) is 15.1 Å². The zero-order valence-corrected chi connectivity index (χ0v) is 19.2. The number of ether oxygens (including phenoxy) is 2. The van der Waals surface area contributed by atoms with Crippen molar-refractivity contribution in [3.63, 3.8) is 0 Å². The zero-order valence-electron chi connectivity index (χ0n) is 19.2. The molecule has 2 amide bonds. The molecule has 2 aromatic carbocycles. The number of amides is 2. The highest BCUT2D eigenvalue weighted by molar-refractivity contribution is 5.95. The Morgan fingerprint density at radius 3 is 2.38 bits per heavy atom. The minimum Gasteiger partial charge on any atom is -0.493 e. The lowest BCUT2D eigenvalue weighted by molar-refractivity contribution is -0.131. The summed E-state index contributed by atoms with van der Waals surface area (Å²) >= 11 is 0. The molecule has 7 nitrogen and oxygen atoms in total. The number of hydrogen-bond acceptors (Lipinski definition) is 5. The van der Waals surface area contributed by atoms with Crippen molar-refractivity contribution in [3.8, 4) is 11.5 Å². The summed E-state index contributed by atoms with van der Waals surface area (Å²) < 4.78 is 10.7. The van der Waals surface area contributed by atoms with Gasteiger partial charge in [-0.15, -0.1) is 0 Å². The molecule has 1 aliphatic rings. The summed E-state index contributed by atoms with van der Waals surface area (Å²) in [6.45, 7) is 6.03. The van der Waals surface area contributed by atoms with Crippen LogP contribution in [0.15, 0.2) is 48.5 Å². The van der Waals surface area contributed by atoms with Gasteiger partial charge < -0.3 is 24.6 Å². The molecule has 0 radical (unpaired) electrons. The number of nitrogens with zero attached hydrogens (tertiary/aromatic N) is 2. The Bertz CT molecular complexity index is 897. The largest absolute Gasteiger partial charge is 0.493 e. The normalized spacial score (nSPS) is 14.5. The molecule has 172 valence electrons. The maximum atomic E-state index is 13.5. The summed E-state index contributed by atoms with van der Waals surface area (Å²) in [6, 6.07) is 15.3. The SMILES string of the molecule is COc1ccc(C(=O)N(CCC(=O)N2CCNCC2)C[C@@H](C)c2ccccc2)cc1OC. The molecule has 32 heavy (non-hydrogen) atoms. The van der Waals surface area contributed by atoms with Crippen LogP contribution in [0.5, 0.6) is 11.5 Å². The molecule has 7 heteroatoms. The van der Waals surface area contributed by atoms with E-state index in [1.54, 1.807) is 37.3 Å². The molecule has 1 N–H and O–H groups in total. The first-order valence-corrected chi connectivity index (χ1v) is 11.1. The van der Waals surface area contributed by atoms with Crippen LogP contribution >= 0.6 is 0 Å². The summed E-state index contributed by atoms with van der Waals surface area (Å²) in [5.41, 5.74) is 1.67. The fraction of sp³-hybridized carbons (Fsp3) is 0.440. The van der Waals surface area contributed by atoms with Crippen molar-refractivity contribution >= 4 is 11.8 Å². The Hall–Kier alpha value is -3.06. The minimum atomic E-state index is -0.123. The molecule has 1 saturated heterocycles. The van der Waals surface area contributed by atoms with Gasteiger partial charge in [0, 0.05) is 51.3 Å². The fourth-order valence-electron chi connectivity index (χ4n) is 3.95. The lowest BCUT2D eigenvalue weighted by Gasteiger charge is -2.30. The topological polar surface area (TPSA) is 71.1 Å². The highest BCUT2D eigenvalue weighted by atomic mass is 16.5. The van der Waals surface area contributed by atoms with Crippen LogP contribution in [0.3, 0.4) is 0 Å². The molecule has 0 saturated carbocycles. The number of hydrogen-bond donors (Lipinski definition) is 1. The second-order valence-electron chi connectivity index (χ2n) is 8.01. The number of piperazine rings is 1. The molecule has 0 spiro atoms. The average Bonchev–Trinajstić information content (AvgIpc) is 2.86. The molecular formula is C25H33N3O4. The van der Waals surface area contributed by atoms with Gasteiger partial charge in [-0.3, -0.25) is 9.59 Å². The molecule has 0 unspecified atom stereocenters. The van der Waals surface area contributed by atoms with Crippen LogP contribution in [-0.2, 0) is 4.79 Å². The maximum Gasteiger partial charge on any atom is 0.254 e. The smallest absolute Gasteiger partial charge is 0.254 e. The Morgan fingerprint density at radius 1 is 1.03 bits per heavy atom. The first-order valence-electron chi connectivity index (χ1n) is 11.1. The van der Waals surface area contributed by atoms with Crippen LogP contribution in [0, 0.1) is 0 Å². The van der Waals surface area contributed by atoms with Gasteiger partial charge in [0.1, 0.15) is 0 Å². The third kappa shape index (κ3) is 6.01. The van der Waals surface area contributed by atoms with E-state index in [2.05, 4.69) is 24.4 Å². The van der Waals surface area contributed by atoms with Gasteiger partial charge in [0.25, 0.3) is 5.91 Å². The summed E-state index contributed by atoms with van der Waals surface area (Å²) in [5, 5.41) is 3.26. The van der Waals surface area contributed by atoms with Gasteiger partial charge in [0.05, 0.1) is 14.2 Å². The lowest BCUT2D eigenvalue weighted by Crippen LogP contribution is -2.47. The van der Waals surface area contributed by atoms with Crippen molar-refractivity contribution in [2.24, 2.45) is 0 Å². The number of nitrogens with one attached hydrogen (secondary N) is 1. The fourth-order valence-corrected chi connectivity index (χ4v) is 3.95. The van der Waals surface area contributed by atoms with Crippen molar-refractivity contribution in [1.29, 1.82) is 0 Å². The van der Waals surface area contributed by atoms with Crippen molar-refractivity contribution in [2.75, 3.05) is 53.5 Å². The lowest BCUT2D eigenvalue weighted by atomic mass is 10.00. The van der Waals surface area contributed by atoms with E-state index in [4.69, 9.17) is 9.47 Å². The first kappa shape index (κ1) is 23.6. The number of carbonyl (C=O) groups excluding carboxylic acids is 2. The second-order valence-corrected chi connectivity index (χ2v) is 8.01. The quantitative estimate of drug-likeness (QED) is 0.651. The minimum absolute atomic E-state index is 0.0870. The van der Waals surface area contributed by atoms with Gasteiger partial charge in [0.2, 0.25) is 5.91 Å². The summed E-state index contributed by atoms with van der Waals surface area (Å²) in [6.07, 6.45) is 0.306. The highest BCUT2D eigenvalue weighted by Crippen LogP contribution is 2.28. The molecule has 0 aliphatic carbocycles. The van der Waals surface area contributed by atoms with E-state index >= 15 is 0 Å². The van der Waals surface area contributed by atoms with E-state index in [1.165, 1.54) is 0 Å². The summed E-state index contributed by atoms with van der Waals surface area (Å²) in [7, 11) is 3.11. The van der Waals surface area contributed by atoms with E-state index < -0.39 is 0 Å². The van der Waals surface area contributed by atoms with Crippen molar-refractivity contribution in [2.45, 2.75) is 19.3 Å². The molecule has 2 aromatic rings. The van der Waals surface area contributed by atoms with Gasteiger partial charge in [-0.25, -0.2) is 0 Å².